The monoisotopic (exact) mass is 324 g/mol. The summed E-state index contributed by atoms with van der Waals surface area (Å²) in [7, 11) is -3.45. The van der Waals surface area contributed by atoms with E-state index in [1.165, 1.54) is 6.04 Å². The fraction of sp³-hybridized carbons (Fsp3) is 1.00. The molecule has 0 amide bonds. The summed E-state index contributed by atoms with van der Waals surface area (Å²) in [5.41, 5.74) is 0. The van der Waals surface area contributed by atoms with E-state index in [4.69, 9.17) is 18.7 Å². The summed E-state index contributed by atoms with van der Waals surface area (Å²) in [5.74, 6) is 0.0798. The molecule has 4 nitrogen and oxygen atoms in total. The molecule has 116 valence electrons. The van der Waals surface area contributed by atoms with Crippen LogP contribution in [0.2, 0.25) is 45.3 Å². The van der Waals surface area contributed by atoms with Gasteiger partial charge in [0.05, 0.1) is 22.7 Å². The Balaban J connectivity index is 3.99. The van der Waals surface area contributed by atoms with Gasteiger partial charge in [-0.1, -0.05) is 6.04 Å². The predicted molar refractivity (Wildman–Crippen MR) is 88.5 cm³/mol. The van der Waals surface area contributed by atoms with Gasteiger partial charge in [-0.05, 0) is 45.7 Å². The van der Waals surface area contributed by atoms with E-state index < -0.39 is 16.6 Å². The van der Waals surface area contributed by atoms with Crippen molar-refractivity contribution in [2.75, 3.05) is 19.8 Å². The number of rotatable bonds is 11. The SMILES string of the molecule is C[Si](C)(C)OC(O[Si](C)(C)C)[SiH2]CCCOCCO. The van der Waals surface area contributed by atoms with Crippen molar-refractivity contribution in [3.63, 3.8) is 0 Å². The Labute approximate surface area is 122 Å². The fourth-order valence-corrected chi connectivity index (χ4v) is 8.15. The van der Waals surface area contributed by atoms with Gasteiger partial charge >= 0.3 is 0 Å². The highest BCUT2D eigenvalue weighted by Crippen LogP contribution is 2.14. The van der Waals surface area contributed by atoms with Gasteiger partial charge in [-0.25, -0.2) is 0 Å². The average Bonchev–Trinajstić information content (AvgIpc) is 2.18. The van der Waals surface area contributed by atoms with Crippen LogP contribution < -0.4 is 0 Å². The Morgan fingerprint density at radius 1 is 0.947 bits per heavy atom. The maximum Gasteiger partial charge on any atom is 0.186 e. The molecular formula is C12H32O4Si3. The van der Waals surface area contributed by atoms with E-state index in [-0.39, 0.29) is 22.0 Å². The van der Waals surface area contributed by atoms with E-state index in [1.807, 2.05) is 0 Å². The molecule has 0 aromatic rings. The number of ether oxygens (including phenoxy) is 1. The first kappa shape index (κ1) is 19.5. The molecule has 0 rings (SSSR count). The van der Waals surface area contributed by atoms with Crippen LogP contribution in [0.25, 0.3) is 0 Å². The summed E-state index contributed by atoms with van der Waals surface area (Å²) < 4.78 is 17.6. The second-order valence-electron chi connectivity index (χ2n) is 6.72. The van der Waals surface area contributed by atoms with Crippen LogP contribution in [-0.4, -0.2) is 57.0 Å². The van der Waals surface area contributed by atoms with Crippen molar-refractivity contribution in [2.45, 2.75) is 57.7 Å². The van der Waals surface area contributed by atoms with E-state index in [1.54, 1.807) is 0 Å². The zero-order chi connectivity index (χ0) is 14.9. The zero-order valence-corrected chi connectivity index (χ0v) is 16.9. The van der Waals surface area contributed by atoms with Gasteiger partial charge in [0.1, 0.15) is 5.91 Å². The minimum atomic E-state index is -1.53. The molecule has 0 aliphatic heterocycles. The molecule has 0 fully saturated rings. The van der Waals surface area contributed by atoms with E-state index in [0.29, 0.717) is 6.61 Å². The molecule has 0 saturated heterocycles. The lowest BCUT2D eigenvalue weighted by atomic mass is 10.5. The molecule has 0 atom stereocenters. The largest absolute Gasteiger partial charge is 0.398 e. The van der Waals surface area contributed by atoms with Gasteiger partial charge in [-0.2, -0.15) is 0 Å². The van der Waals surface area contributed by atoms with Gasteiger partial charge in [0.2, 0.25) is 0 Å². The first-order valence-corrected chi connectivity index (χ1v) is 15.8. The number of aliphatic hydroxyl groups excluding tert-OH is 1. The van der Waals surface area contributed by atoms with Crippen LogP contribution in [-0.2, 0) is 13.6 Å². The average molecular weight is 325 g/mol. The third kappa shape index (κ3) is 14.7. The Bertz CT molecular complexity index is 210. The molecule has 19 heavy (non-hydrogen) atoms. The van der Waals surface area contributed by atoms with Gasteiger partial charge < -0.3 is 18.7 Å². The molecule has 0 aliphatic carbocycles. The first-order valence-electron chi connectivity index (χ1n) is 7.18. The Morgan fingerprint density at radius 3 is 1.89 bits per heavy atom. The van der Waals surface area contributed by atoms with Gasteiger partial charge in [0, 0.05) is 6.61 Å². The Morgan fingerprint density at radius 2 is 1.47 bits per heavy atom. The molecule has 0 aliphatic rings. The summed E-state index contributed by atoms with van der Waals surface area (Å²) in [5, 5.41) is 8.62. The lowest BCUT2D eigenvalue weighted by molar-refractivity contribution is 0.0596. The molecule has 0 saturated carbocycles. The van der Waals surface area contributed by atoms with Crippen LogP contribution in [0, 0.1) is 0 Å². The van der Waals surface area contributed by atoms with Crippen molar-refractivity contribution in [1.82, 2.24) is 0 Å². The maximum atomic E-state index is 8.62. The fourth-order valence-electron chi connectivity index (χ4n) is 1.61. The standard InChI is InChI=1S/C12H32O4Si3/c1-18(2,3)15-12(16-19(4,5)6)17-11-7-9-14-10-8-13/h12-13H,7-11,17H2,1-6H3. The van der Waals surface area contributed by atoms with Gasteiger partial charge in [0.15, 0.2) is 16.6 Å². The van der Waals surface area contributed by atoms with Crippen molar-refractivity contribution < 1.29 is 18.7 Å². The van der Waals surface area contributed by atoms with E-state index in [9.17, 15) is 0 Å². The van der Waals surface area contributed by atoms with Crippen LogP contribution >= 0.6 is 0 Å². The highest BCUT2D eigenvalue weighted by molar-refractivity contribution is 6.71. The highest BCUT2D eigenvalue weighted by atomic mass is 28.4. The van der Waals surface area contributed by atoms with E-state index in [2.05, 4.69) is 39.3 Å². The topological polar surface area (TPSA) is 47.9 Å². The minimum absolute atomic E-state index is 0.0798. The van der Waals surface area contributed by atoms with Crippen LogP contribution in [0.5, 0.6) is 0 Å². The molecule has 0 heterocycles. The lowest BCUT2D eigenvalue weighted by Gasteiger charge is -2.31. The molecule has 0 bridgehead atoms. The van der Waals surface area contributed by atoms with Gasteiger partial charge in [-0.15, -0.1) is 0 Å². The van der Waals surface area contributed by atoms with Crippen LogP contribution in [0.3, 0.4) is 0 Å². The summed E-state index contributed by atoms with van der Waals surface area (Å²) in [6, 6.07) is 1.17. The van der Waals surface area contributed by atoms with E-state index >= 15 is 0 Å². The van der Waals surface area contributed by atoms with Crippen molar-refractivity contribution in [3.05, 3.63) is 0 Å². The van der Waals surface area contributed by atoms with Crippen molar-refractivity contribution in [3.8, 4) is 0 Å². The molecule has 0 radical (unpaired) electrons. The number of hydrogen-bond acceptors (Lipinski definition) is 4. The Hall–Kier alpha value is 0.491. The van der Waals surface area contributed by atoms with Crippen molar-refractivity contribution in [2.24, 2.45) is 0 Å². The quantitative estimate of drug-likeness (QED) is 0.358. The third-order valence-corrected chi connectivity index (χ3v) is 6.50. The molecule has 0 aromatic heterocycles. The second kappa shape index (κ2) is 9.43. The molecule has 0 unspecified atom stereocenters. The number of hydrogen-bond donors (Lipinski definition) is 1. The summed E-state index contributed by atoms with van der Waals surface area (Å²) in [6.45, 7) is 14.6. The first-order chi connectivity index (χ1) is 8.64. The maximum absolute atomic E-state index is 8.62. The zero-order valence-electron chi connectivity index (χ0n) is 13.5. The van der Waals surface area contributed by atoms with Crippen LogP contribution in [0.4, 0.5) is 0 Å². The molecule has 7 heteroatoms. The Kier molecular flexibility index (Phi) is 9.67. The summed E-state index contributed by atoms with van der Waals surface area (Å²) in [4.78, 5) is 0. The smallest absolute Gasteiger partial charge is 0.186 e. The molecule has 1 N–H and O–H groups in total. The normalized spacial score (nSPS) is 13.9. The summed E-state index contributed by atoms with van der Waals surface area (Å²) >= 11 is 0. The summed E-state index contributed by atoms with van der Waals surface area (Å²) in [6.07, 6.45) is 1.05. The predicted octanol–water partition coefficient (Wildman–Crippen LogP) is 1.96. The number of aliphatic hydroxyl groups is 1. The van der Waals surface area contributed by atoms with Crippen molar-refractivity contribution in [1.29, 1.82) is 0 Å². The second-order valence-corrected chi connectivity index (χ2v) is 17.6. The van der Waals surface area contributed by atoms with Gasteiger partial charge in [-0.3, -0.25) is 0 Å². The van der Waals surface area contributed by atoms with Crippen molar-refractivity contribution >= 4 is 26.2 Å². The highest BCUT2D eigenvalue weighted by Gasteiger charge is 2.26. The molecule has 0 aromatic carbocycles. The lowest BCUT2D eigenvalue weighted by Crippen LogP contribution is -2.43. The third-order valence-electron chi connectivity index (χ3n) is 2.18. The van der Waals surface area contributed by atoms with E-state index in [0.717, 1.165) is 13.0 Å². The van der Waals surface area contributed by atoms with Crippen LogP contribution in [0.1, 0.15) is 6.42 Å². The molecule has 0 spiro atoms. The van der Waals surface area contributed by atoms with Crippen LogP contribution in [0.15, 0.2) is 0 Å². The minimum Gasteiger partial charge on any atom is -0.398 e. The van der Waals surface area contributed by atoms with Gasteiger partial charge in [0.25, 0.3) is 0 Å². The molecular weight excluding hydrogens is 292 g/mol.